The first-order valence-corrected chi connectivity index (χ1v) is 7.73. The minimum absolute atomic E-state index is 0.00126. The van der Waals surface area contributed by atoms with Crippen molar-refractivity contribution in [3.63, 3.8) is 0 Å². The topological polar surface area (TPSA) is 65.0 Å². The van der Waals surface area contributed by atoms with Crippen LogP contribution in [0.3, 0.4) is 0 Å². The zero-order valence-corrected chi connectivity index (χ0v) is 12.9. The summed E-state index contributed by atoms with van der Waals surface area (Å²) < 4.78 is 15.9. The molecule has 0 heterocycles. The first-order chi connectivity index (χ1) is 9.76. The number of carbonyl (C=O) groups excluding carboxylic acids is 1. The van der Waals surface area contributed by atoms with E-state index in [0.29, 0.717) is 32.8 Å². The van der Waals surface area contributed by atoms with Gasteiger partial charge in [0, 0.05) is 0 Å². The van der Waals surface area contributed by atoms with Gasteiger partial charge in [0.1, 0.15) is 0 Å². The van der Waals surface area contributed by atoms with Gasteiger partial charge in [-0.15, -0.1) is 0 Å². The van der Waals surface area contributed by atoms with Gasteiger partial charge >= 0.3 is 5.97 Å². The number of hydrogen-bond donors (Lipinski definition) is 1. The molecule has 0 aliphatic carbocycles. The summed E-state index contributed by atoms with van der Waals surface area (Å²) in [5.41, 5.74) is 0. The fourth-order valence-electron chi connectivity index (χ4n) is 1.69. The summed E-state index contributed by atoms with van der Waals surface area (Å²) in [4.78, 5) is 11.9. The number of aliphatic hydroxyl groups excluding tert-OH is 1. The SMILES string of the molecule is CCCCCOC(=O)C(CCCC)OCCOCCO. The fraction of sp³-hybridized carbons (Fsp3) is 0.933. The molecule has 0 fully saturated rings. The second kappa shape index (κ2) is 14.8. The highest BCUT2D eigenvalue weighted by Gasteiger charge is 2.19. The predicted molar refractivity (Wildman–Crippen MR) is 77.7 cm³/mol. The molecule has 5 nitrogen and oxygen atoms in total. The maximum atomic E-state index is 11.9. The normalized spacial score (nSPS) is 12.3. The average molecular weight is 290 g/mol. The molecule has 0 saturated heterocycles. The van der Waals surface area contributed by atoms with E-state index in [2.05, 4.69) is 13.8 Å². The van der Waals surface area contributed by atoms with E-state index in [1.165, 1.54) is 0 Å². The lowest BCUT2D eigenvalue weighted by Crippen LogP contribution is -2.28. The van der Waals surface area contributed by atoms with Crippen molar-refractivity contribution >= 4 is 5.97 Å². The third-order valence-corrected chi connectivity index (χ3v) is 2.86. The molecule has 0 saturated carbocycles. The van der Waals surface area contributed by atoms with Crippen LogP contribution in [0, 0.1) is 0 Å². The first kappa shape index (κ1) is 19.4. The summed E-state index contributed by atoms with van der Waals surface area (Å²) in [7, 11) is 0. The van der Waals surface area contributed by atoms with Gasteiger partial charge < -0.3 is 19.3 Å². The monoisotopic (exact) mass is 290 g/mol. The molecule has 1 unspecified atom stereocenters. The van der Waals surface area contributed by atoms with E-state index in [4.69, 9.17) is 19.3 Å². The molecule has 0 aromatic carbocycles. The summed E-state index contributed by atoms with van der Waals surface area (Å²) in [5.74, 6) is -0.267. The quantitative estimate of drug-likeness (QED) is 0.393. The maximum absolute atomic E-state index is 11.9. The van der Waals surface area contributed by atoms with E-state index < -0.39 is 6.10 Å². The van der Waals surface area contributed by atoms with E-state index >= 15 is 0 Å². The van der Waals surface area contributed by atoms with Gasteiger partial charge in [-0.1, -0.05) is 39.5 Å². The molecule has 1 atom stereocenters. The van der Waals surface area contributed by atoms with Gasteiger partial charge in [-0.05, 0) is 12.8 Å². The van der Waals surface area contributed by atoms with Gasteiger partial charge in [0.25, 0.3) is 0 Å². The molecule has 0 aliphatic rings. The van der Waals surface area contributed by atoms with Gasteiger partial charge in [0.05, 0.1) is 33.0 Å². The Morgan fingerprint density at radius 2 is 1.75 bits per heavy atom. The van der Waals surface area contributed by atoms with Crippen molar-refractivity contribution in [1.29, 1.82) is 0 Å². The second-order valence-corrected chi connectivity index (χ2v) is 4.71. The van der Waals surface area contributed by atoms with Crippen molar-refractivity contribution in [3.05, 3.63) is 0 Å². The summed E-state index contributed by atoms with van der Waals surface area (Å²) in [6.45, 7) is 5.68. The van der Waals surface area contributed by atoms with Crippen molar-refractivity contribution in [3.8, 4) is 0 Å². The van der Waals surface area contributed by atoms with Crippen LogP contribution in [0.4, 0.5) is 0 Å². The Morgan fingerprint density at radius 3 is 2.40 bits per heavy atom. The van der Waals surface area contributed by atoms with Gasteiger partial charge in [-0.3, -0.25) is 0 Å². The van der Waals surface area contributed by atoms with Crippen molar-refractivity contribution < 1.29 is 24.1 Å². The van der Waals surface area contributed by atoms with Gasteiger partial charge in [0.2, 0.25) is 0 Å². The van der Waals surface area contributed by atoms with Crippen LogP contribution in [0.15, 0.2) is 0 Å². The molecule has 0 radical (unpaired) electrons. The molecular weight excluding hydrogens is 260 g/mol. The summed E-state index contributed by atoms with van der Waals surface area (Å²) >= 11 is 0. The Kier molecular flexibility index (Phi) is 14.3. The molecule has 20 heavy (non-hydrogen) atoms. The zero-order chi connectivity index (χ0) is 15.1. The Morgan fingerprint density at radius 1 is 1.00 bits per heavy atom. The molecule has 0 amide bonds. The van der Waals surface area contributed by atoms with Crippen LogP contribution in [0.5, 0.6) is 0 Å². The molecule has 0 spiro atoms. The number of carbonyl (C=O) groups is 1. The lowest BCUT2D eigenvalue weighted by Gasteiger charge is -2.16. The fourth-order valence-corrected chi connectivity index (χ4v) is 1.69. The van der Waals surface area contributed by atoms with Crippen LogP contribution in [0.25, 0.3) is 0 Å². The highest BCUT2D eigenvalue weighted by atomic mass is 16.6. The molecule has 0 rings (SSSR count). The summed E-state index contributed by atoms with van der Waals surface area (Å²) in [6.07, 6.45) is 5.23. The molecule has 0 aromatic heterocycles. The van der Waals surface area contributed by atoms with E-state index in [1.54, 1.807) is 0 Å². The Bertz CT molecular complexity index is 220. The average Bonchev–Trinajstić information content (AvgIpc) is 2.46. The van der Waals surface area contributed by atoms with E-state index in [-0.39, 0.29) is 12.6 Å². The zero-order valence-electron chi connectivity index (χ0n) is 12.9. The second-order valence-electron chi connectivity index (χ2n) is 4.71. The smallest absolute Gasteiger partial charge is 0.335 e. The molecule has 1 N–H and O–H groups in total. The number of ether oxygens (including phenoxy) is 3. The van der Waals surface area contributed by atoms with Crippen LogP contribution in [0.2, 0.25) is 0 Å². The highest BCUT2D eigenvalue weighted by molar-refractivity contribution is 5.74. The molecule has 0 aliphatic heterocycles. The minimum Gasteiger partial charge on any atom is -0.464 e. The third kappa shape index (κ3) is 11.2. The highest BCUT2D eigenvalue weighted by Crippen LogP contribution is 2.08. The van der Waals surface area contributed by atoms with Gasteiger partial charge in [0.15, 0.2) is 6.10 Å². The number of unbranched alkanes of at least 4 members (excludes halogenated alkanes) is 3. The number of hydrogen-bond acceptors (Lipinski definition) is 5. The van der Waals surface area contributed by atoms with E-state index in [0.717, 1.165) is 32.1 Å². The van der Waals surface area contributed by atoms with Gasteiger partial charge in [-0.25, -0.2) is 4.79 Å². The Labute approximate surface area is 122 Å². The first-order valence-electron chi connectivity index (χ1n) is 7.73. The summed E-state index contributed by atoms with van der Waals surface area (Å²) in [5, 5.41) is 8.58. The standard InChI is InChI=1S/C15H30O5/c1-3-5-7-10-20-15(17)14(8-6-4-2)19-13-12-18-11-9-16/h14,16H,3-13H2,1-2H3. The lowest BCUT2D eigenvalue weighted by molar-refractivity contribution is -0.159. The van der Waals surface area contributed by atoms with Crippen LogP contribution >= 0.6 is 0 Å². The number of aliphatic hydroxyl groups is 1. The van der Waals surface area contributed by atoms with E-state index in [1.807, 2.05) is 0 Å². The Hall–Kier alpha value is -0.650. The predicted octanol–water partition coefficient (Wildman–Crippen LogP) is 2.30. The largest absolute Gasteiger partial charge is 0.464 e. The Balaban J connectivity index is 3.88. The van der Waals surface area contributed by atoms with Crippen molar-refractivity contribution in [2.24, 2.45) is 0 Å². The number of esters is 1. The van der Waals surface area contributed by atoms with Crippen LogP contribution < -0.4 is 0 Å². The molecular formula is C15H30O5. The van der Waals surface area contributed by atoms with E-state index in [9.17, 15) is 4.79 Å². The van der Waals surface area contributed by atoms with Crippen molar-refractivity contribution in [2.75, 3.05) is 33.0 Å². The molecule has 5 heteroatoms. The molecule has 120 valence electrons. The summed E-state index contributed by atoms with van der Waals surface area (Å²) in [6, 6.07) is 0. The lowest BCUT2D eigenvalue weighted by atomic mass is 10.1. The third-order valence-electron chi connectivity index (χ3n) is 2.86. The minimum atomic E-state index is -0.491. The van der Waals surface area contributed by atoms with Crippen molar-refractivity contribution in [1.82, 2.24) is 0 Å². The molecule has 0 bridgehead atoms. The maximum Gasteiger partial charge on any atom is 0.335 e. The van der Waals surface area contributed by atoms with Crippen LogP contribution in [-0.4, -0.2) is 50.2 Å². The van der Waals surface area contributed by atoms with Crippen LogP contribution in [0.1, 0.15) is 52.4 Å². The van der Waals surface area contributed by atoms with Crippen molar-refractivity contribution in [2.45, 2.75) is 58.5 Å². The number of rotatable bonds is 14. The molecule has 0 aromatic rings. The van der Waals surface area contributed by atoms with Gasteiger partial charge in [-0.2, -0.15) is 0 Å². The van der Waals surface area contributed by atoms with Crippen LogP contribution in [-0.2, 0) is 19.0 Å².